The summed E-state index contributed by atoms with van der Waals surface area (Å²) in [5.41, 5.74) is -0.737. The lowest BCUT2D eigenvalue weighted by Gasteiger charge is -2.37. The highest BCUT2D eigenvalue weighted by Gasteiger charge is 2.67. The highest BCUT2D eigenvalue weighted by Crippen LogP contribution is 2.57. The molecule has 2 aliphatic carbocycles. The van der Waals surface area contributed by atoms with E-state index in [2.05, 4.69) is 10.8 Å². The molecule has 2 bridgehead atoms. The molecule has 2 atom stereocenters. The number of hydrogen-bond acceptors (Lipinski definition) is 3. The van der Waals surface area contributed by atoms with Crippen LogP contribution in [0.25, 0.3) is 0 Å². The van der Waals surface area contributed by atoms with E-state index in [1.54, 1.807) is 0 Å². The third kappa shape index (κ3) is 0.453. The number of ether oxygens (including phenoxy) is 1. The van der Waals surface area contributed by atoms with Gasteiger partial charge in [0.05, 0.1) is 0 Å². The van der Waals surface area contributed by atoms with Crippen LogP contribution >= 0.6 is 0 Å². The van der Waals surface area contributed by atoms with E-state index in [0.29, 0.717) is 12.3 Å². The zero-order chi connectivity index (χ0) is 8.34. The van der Waals surface area contributed by atoms with Gasteiger partial charge in [-0.15, -0.1) is 0 Å². The highest BCUT2D eigenvalue weighted by molar-refractivity contribution is 6.14. The number of carbonyl (C=O) groups is 2. The van der Waals surface area contributed by atoms with E-state index in [1.165, 1.54) is 0 Å². The van der Waals surface area contributed by atoms with Crippen molar-refractivity contribution in [3.05, 3.63) is 12.2 Å². The molecule has 1 spiro atoms. The van der Waals surface area contributed by atoms with E-state index in [-0.39, 0.29) is 17.9 Å². The molecule has 0 radical (unpaired) electrons. The summed E-state index contributed by atoms with van der Waals surface area (Å²) < 4.78 is 4.42. The lowest BCUT2D eigenvalue weighted by molar-refractivity contribution is -0.199. The summed E-state index contributed by atoms with van der Waals surface area (Å²) >= 11 is 0. The van der Waals surface area contributed by atoms with Gasteiger partial charge in [-0.05, 0) is 18.8 Å². The average Bonchev–Trinajstić information content (AvgIpc) is 2.63. The van der Waals surface area contributed by atoms with Crippen molar-refractivity contribution in [1.82, 2.24) is 0 Å². The number of carbonyl (C=O) groups excluding carboxylic acids is 2. The van der Waals surface area contributed by atoms with E-state index in [1.807, 2.05) is 6.08 Å². The van der Waals surface area contributed by atoms with E-state index in [4.69, 9.17) is 0 Å². The first-order valence-corrected chi connectivity index (χ1v) is 4.18. The molecule has 0 aromatic heterocycles. The minimum absolute atomic E-state index is 0.135. The first-order valence-electron chi connectivity index (χ1n) is 4.18. The molecule has 1 aliphatic heterocycles. The van der Waals surface area contributed by atoms with Gasteiger partial charge >= 0.3 is 11.9 Å². The Hall–Kier alpha value is -1.12. The zero-order valence-corrected chi connectivity index (χ0v) is 6.45. The Morgan fingerprint density at radius 1 is 1.33 bits per heavy atom. The van der Waals surface area contributed by atoms with Crippen LogP contribution in [-0.2, 0) is 14.3 Å². The van der Waals surface area contributed by atoms with Crippen LogP contribution in [0.5, 0.6) is 0 Å². The van der Waals surface area contributed by atoms with Crippen molar-refractivity contribution < 1.29 is 14.3 Å². The molecule has 12 heavy (non-hydrogen) atoms. The third-order valence-corrected chi connectivity index (χ3v) is 3.30. The van der Waals surface area contributed by atoms with Crippen molar-refractivity contribution in [3.63, 3.8) is 0 Å². The van der Waals surface area contributed by atoms with Crippen LogP contribution < -0.4 is 0 Å². The molecule has 0 aromatic carbocycles. The summed E-state index contributed by atoms with van der Waals surface area (Å²) in [5.74, 6) is -0.0308. The van der Waals surface area contributed by atoms with Gasteiger partial charge in [0.2, 0.25) is 0 Å². The van der Waals surface area contributed by atoms with Gasteiger partial charge in [-0.3, -0.25) is 9.59 Å². The molecule has 1 saturated heterocycles. The Morgan fingerprint density at radius 2 is 2.08 bits per heavy atom. The first-order chi connectivity index (χ1) is 5.73. The van der Waals surface area contributed by atoms with Crippen molar-refractivity contribution in [2.24, 2.45) is 17.3 Å². The molecule has 1 heterocycles. The largest absolute Gasteiger partial charge is 0.391 e. The van der Waals surface area contributed by atoms with Gasteiger partial charge in [-0.1, -0.05) is 12.2 Å². The number of allylic oxidation sites excluding steroid dienone is 2. The predicted molar refractivity (Wildman–Crippen MR) is 38.9 cm³/mol. The van der Waals surface area contributed by atoms with E-state index < -0.39 is 5.41 Å². The maximum Gasteiger partial charge on any atom is 0.331 e. The lowest BCUT2D eigenvalue weighted by Crippen LogP contribution is -2.55. The Balaban J connectivity index is 2.08. The second kappa shape index (κ2) is 1.63. The second-order valence-electron chi connectivity index (χ2n) is 3.84. The summed E-state index contributed by atoms with van der Waals surface area (Å²) in [5, 5.41) is 0. The minimum Gasteiger partial charge on any atom is -0.391 e. The summed E-state index contributed by atoms with van der Waals surface area (Å²) in [4.78, 5) is 22.4. The topological polar surface area (TPSA) is 43.4 Å². The smallest absolute Gasteiger partial charge is 0.331 e. The van der Waals surface area contributed by atoms with Gasteiger partial charge in [-0.2, -0.15) is 0 Å². The van der Waals surface area contributed by atoms with Crippen molar-refractivity contribution in [3.8, 4) is 0 Å². The minimum atomic E-state index is -0.737. The van der Waals surface area contributed by atoms with Crippen LogP contribution in [0.15, 0.2) is 12.2 Å². The molecule has 0 amide bonds. The fourth-order valence-electron chi connectivity index (χ4n) is 2.63. The fourth-order valence-corrected chi connectivity index (χ4v) is 2.63. The molecular formula is C9H8O3. The van der Waals surface area contributed by atoms with E-state index >= 15 is 0 Å². The maximum absolute atomic E-state index is 11.2. The molecule has 3 heteroatoms. The Bertz CT molecular complexity index is 302. The van der Waals surface area contributed by atoms with Crippen LogP contribution in [0.2, 0.25) is 0 Å². The SMILES string of the molecule is O=C1OC(=O)C12CC1C=CC2C1. The van der Waals surface area contributed by atoms with Crippen LogP contribution in [0.4, 0.5) is 0 Å². The summed E-state index contributed by atoms with van der Waals surface area (Å²) in [7, 11) is 0. The number of esters is 2. The first kappa shape index (κ1) is 6.40. The van der Waals surface area contributed by atoms with Gasteiger partial charge < -0.3 is 4.74 Å². The van der Waals surface area contributed by atoms with Crippen LogP contribution in [0.3, 0.4) is 0 Å². The molecular weight excluding hydrogens is 156 g/mol. The third-order valence-electron chi connectivity index (χ3n) is 3.30. The average molecular weight is 164 g/mol. The Labute approximate surface area is 69.4 Å². The molecule has 62 valence electrons. The van der Waals surface area contributed by atoms with Gasteiger partial charge in [-0.25, -0.2) is 0 Å². The fraction of sp³-hybridized carbons (Fsp3) is 0.556. The summed E-state index contributed by atoms with van der Waals surface area (Å²) in [6.07, 6.45) is 5.74. The molecule has 0 N–H and O–H groups in total. The molecule has 2 unspecified atom stereocenters. The van der Waals surface area contributed by atoms with Crippen molar-refractivity contribution in [2.45, 2.75) is 12.8 Å². The molecule has 3 nitrogen and oxygen atoms in total. The highest BCUT2D eigenvalue weighted by atomic mass is 16.6. The van der Waals surface area contributed by atoms with Crippen LogP contribution in [-0.4, -0.2) is 11.9 Å². The Morgan fingerprint density at radius 3 is 2.42 bits per heavy atom. The normalized spacial score (nSPS) is 40.3. The number of fused-ring (bicyclic) bond motifs is 3. The standard InChI is InChI=1S/C9H8O3/c10-7-9(8(11)12-7)4-5-1-2-6(9)3-5/h1-2,5-6H,3-4H2. The van der Waals surface area contributed by atoms with Gasteiger partial charge in [0.25, 0.3) is 0 Å². The van der Waals surface area contributed by atoms with Crippen molar-refractivity contribution >= 4 is 11.9 Å². The zero-order valence-electron chi connectivity index (χ0n) is 6.45. The van der Waals surface area contributed by atoms with Crippen LogP contribution in [0, 0.1) is 17.3 Å². The van der Waals surface area contributed by atoms with Gasteiger partial charge in [0.1, 0.15) is 0 Å². The Kier molecular flexibility index (Phi) is 0.868. The number of hydrogen-bond donors (Lipinski definition) is 0. The number of cyclic esters (lactones) is 2. The lowest BCUT2D eigenvalue weighted by atomic mass is 9.73. The van der Waals surface area contributed by atoms with Crippen molar-refractivity contribution in [1.29, 1.82) is 0 Å². The number of rotatable bonds is 0. The molecule has 3 aliphatic rings. The predicted octanol–water partition coefficient (Wildman–Crippen LogP) is 0.652. The molecule has 1 saturated carbocycles. The summed E-state index contributed by atoms with van der Waals surface area (Å²) in [6.45, 7) is 0. The molecule has 3 rings (SSSR count). The van der Waals surface area contributed by atoms with E-state index in [9.17, 15) is 9.59 Å². The van der Waals surface area contributed by atoms with Crippen LogP contribution in [0.1, 0.15) is 12.8 Å². The van der Waals surface area contributed by atoms with E-state index in [0.717, 1.165) is 6.42 Å². The maximum atomic E-state index is 11.2. The quantitative estimate of drug-likeness (QED) is 0.300. The monoisotopic (exact) mass is 164 g/mol. The second-order valence-corrected chi connectivity index (χ2v) is 3.84. The van der Waals surface area contributed by atoms with Gasteiger partial charge in [0.15, 0.2) is 5.41 Å². The van der Waals surface area contributed by atoms with Crippen molar-refractivity contribution in [2.75, 3.05) is 0 Å². The molecule has 0 aromatic rings. The summed E-state index contributed by atoms with van der Waals surface area (Å²) in [6, 6.07) is 0. The molecule has 2 fully saturated rings. The van der Waals surface area contributed by atoms with Gasteiger partial charge in [0, 0.05) is 5.92 Å².